The third-order valence-electron chi connectivity index (χ3n) is 5.76. The van der Waals surface area contributed by atoms with E-state index >= 15 is 0 Å². The van der Waals surface area contributed by atoms with Crippen LogP contribution in [0.1, 0.15) is 42.1 Å². The minimum atomic E-state index is -0.370. The predicted octanol–water partition coefficient (Wildman–Crippen LogP) is 4.56. The molecule has 168 valence electrons. The Kier molecular flexibility index (Phi) is 7.12. The van der Waals surface area contributed by atoms with E-state index in [0.29, 0.717) is 28.6 Å². The molecule has 2 aliphatic heterocycles. The van der Waals surface area contributed by atoms with Crippen LogP contribution in [0.3, 0.4) is 0 Å². The van der Waals surface area contributed by atoms with Gasteiger partial charge in [0.1, 0.15) is 0 Å². The van der Waals surface area contributed by atoms with Gasteiger partial charge in [-0.05, 0) is 80.2 Å². The molecule has 1 fully saturated rings. The number of nitrogens with zero attached hydrogens (tertiary/aromatic N) is 1. The van der Waals surface area contributed by atoms with E-state index in [1.807, 2.05) is 6.07 Å². The molecule has 2 amide bonds. The molecular formula is C25H28ClN3O3. The van der Waals surface area contributed by atoms with E-state index < -0.39 is 0 Å². The summed E-state index contributed by atoms with van der Waals surface area (Å²) in [6.45, 7) is 6.21. The number of likely N-dealkylation sites (tertiary alicyclic amines) is 1. The van der Waals surface area contributed by atoms with Crippen molar-refractivity contribution < 1.29 is 14.3 Å². The number of halogens is 1. The zero-order valence-electron chi connectivity index (χ0n) is 18.2. The van der Waals surface area contributed by atoms with Crippen molar-refractivity contribution in [3.63, 3.8) is 0 Å². The second-order valence-corrected chi connectivity index (χ2v) is 8.92. The molecule has 6 nitrogen and oxygen atoms in total. The van der Waals surface area contributed by atoms with Crippen LogP contribution in [0.15, 0.2) is 48.2 Å². The minimum absolute atomic E-state index is 0.158. The number of ether oxygens (including phenoxy) is 1. The van der Waals surface area contributed by atoms with Crippen LogP contribution in [0.2, 0.25) is 5.02 Å². The Bertz CT molecular complexity index is 1040. The number of nitrogens with one attached hydrogen (secondary N) is 2. The highest BCUT2D eigenvalue weighted by Crippen LogP contribution is 2.32. The van der Waals surface area contributed by atoms with E-state index in [2.05, 4.69) is 22.5 Å². The van der Waals surface area contributed by atoms with Gasteiger partial charge >= 0.3 is 0 Å². The van der Waals surface area contributed by atoms with E-state index in [1.165, 1.54) is 12.8 Å². The molecule has 2 N–H and O–H groups in total. The summed E-state index contributed by atoms with van der Waals surface area (Å²) in [6, 6.07) is 12.2. The van der Waals surface area contributed by atoms with Crippen molar-refractivity contribution in [1.29, 1.82) is 0 Å². The maximum absolute atomic E-state index is 12.6. The summed E-state index contributed by atoms with van der Waals surface area (Å²) in [5.74, 6) is 0.893. The quantitative estimate of drug-likeness (QED) is 0.496. The van der Waals surface area contributed by atoms with Crippen molar-refractivity contribution in [2.75, 3.05) is 31.5 Å². The maximum Gasteiger partial charge on any atom is 0.291 e. The summed E-state index contributed by atoms with van der Waals surface area (Å²) >= 11 is 6.01. The van der Waals surface area contributed by atoms with Crippen LogP contribution in [-0.2, 0) is 4.79 Å². The topological polar surface area (TPSA) is 70.7 Å². The highest BCUT2D eigenvalue weighted by molar-refractivity contribution is 6.30. The lowest BCUT2D eigenvalue weighted by atomic mass is 10.0. The summed E-state index contributed by atoms with van der Waals surface area (Å²) < 4.78 is 5.77. The largest absolute Gasteiger partial charge is 0.449 e. The van der Waals surface area contributed by atoms with Gasteiger partial charge in [0.2, 0.25) is 0 Å². The first-order valence-corrected chi connectivity index (χ1v) is 11.5. The van der Waals surface area contributed by atoms with Crippen LogP contribution in [0.4, 0.5) is 5.69 Å². The molecule has 2 heterocycles. The van der Waals surface area contributed by atoms with Crippen molar-refractivity contribution in [3.8, 4) is 5.75 Å². The molecule has 4 rings (SSSR count). The fourth-order valence-corrected chi connectivity index (χ4v) is 4.34. The molecule has 32 heavy (non-hydrogen) atoms. The van der Waals surface area contributed by atoms with Crippen LogP contribution in [0.5, 0.6) is 5.75 Å². The number of anilines is 1. The molecule has 2 aromatic carbocycles. The maximum atomic E-state index is 12.6. The Hall–Kier alpha value is -2.83. The van der Waals surface area contributed by atoms with E-state index in [1.54, 1.807) is 42.5 Å². The third-order valence-corrected chi connectivity index (χ3v) is 5.99. The van der Waals surface area contributed by atoms with Crippen molar-refractivity contribution in [2.24, 2.45) is 5.92 Å². The molecule has 2 aromatic rings. The van der Waals surface area contributed by atoms with Crippen LogP contribution in [0, 0.1) is 5.92 Å². The molecule has 0 aliphatic carbocycles. The Labute approximate surface area is 193 Å². The van der Waals surface area contributed by atoms with Gasteiger partial charge in [0, 0.05) is 23.7 Å². The number of piperidine rings is 1. The average molecular weight is 454 g/mol. The number of carbonyl (C=O) groups excluding carboxylic acids is 2. The van der Waals surface area contributed by atoms with Crippen molar-refractivity contribution in [1.82, 2.24) is 10.2 Å². The fourth-order valence-electron chi connectivity index (χ4n) is 4.15. The summed E-state index contributed by atoms with van der Waals surface area (Å²) in [4.78, 5) is 27.5. The molecule has 0 saturated carbocycles. The zero-order valence-corrected chi connectivity index (χ0v) is 19.0. The predicted molar refractivity (Wildman–Crippen MR) is 127 cm³/mol. The molecule has 0 spiro atoms. The van der Waals surface area contributed by atoms with Gasteiger partial charge in [-0.3, -0.25) is 9.59 Å². The molecule has 7 heteroatoms. The number of amides is 2. The van der Waals surface area contributed by atoms with Gasteiger partial charge < -0.3 is 20.3 Å². The van der Waals surface area contributed by atoms with Crippen LogP contribution >= 0.6 is 11.6 Å². The molecule has 2 aliphatic rings. The number of carbonyl (C=O) groups is 2. The Morgan fingerprint density at radius 1 is 1.31 bits per heavy atom. The van der Waals surface area contributed by atoms with Crippen molar-refractivity contribution in [2.45, 2.75) is 26.2 Å². The Morgan fingerprint density at radius 2 is 2.19 bits per heavy atom. The minimum Gasteiger partial charge on any atom is -0.449 e. The monoisotopic (exact) mass is 453 g/mol. The number of benzene rings is 2. The molecule has 0 unspecified atom stereocenters. The second kappa shape index (κ2) is 10.2. The summed E-state index contributed by atoms with van der Waals surface area (Å²) in [5.41, 5.74) is 1.73. The van der Waals surface area contributed by atoms with E-state index in [0.717, 1.165) is 37.5 Å². The highest BCUT2D eigenvalue weighted by Gasteiger charge is 2.23. The lowest BCUT2D eigenvalue weighted by Crippen LogP contribution is -2.36. The van der Waals surface area contributed by atoms with Crippen molar-refractivity contribution >= 4 is 35.2 Å². The summed E-state index contributed by atoms with van der Waals surface area (Å²) in [7, 11) is 0. The van der Waals surface area contributed by atoms with E-state index in [-0.39, 0.29) is 17.6 Å². The number of hydrogen-bond acceptors (Lipinski definition) is 4. The number of hydrogen-bond donors (Lipinski definition) is 2. The lowest BCUT2D eigenvalue weighted by molar-refractivity contribution is -0.115. The molecule has 1 saturated heterocycles. The standard InChI is InChI=1S/C25H28ClN3O3/c1-17-5-3-11-29(16-17)12-4-10-27-24(30)19-8-9-22-21(15-19)28-25(31)23(32-22)14-18-6-2-7-20(26)13-18/h2,6-9,13-15,17H,3-5,10-12,16H2,1H3,(H,27,30)(H,28,31)/b23-14-/t17-/m0/s1. The first-order chi connectivity index (χ1) is 15.5. The molecule has 0 radical (unpaired) electrons. The smallest absolute Gasteiger partial charge is 0.291 e. The first-order valence-electron chi connectivity index (χ1n) is 11.1. The highest BCUT2D eigenvalue weighted by atomic mass is 35.5. The molecule has 1 atom stereocenters. The molecule has 0 aromatic heterocycles. The second-order valence-electron chi connectivity index (χ2n) is 8.49. The van der Waals surface area contributed by atoms with Gasteiger partial charge in [0.15, 0.2) is 11.5 Å². The zero-order chi connectivity index (χ0) is 22.5. The van der Waals surface area contributed by atoms with Crippen molar-refractivity contribution in [3.05, 3.63) is 64.4 Å². The Balaban J connectivity index is 1.33. The van der Waals surface area contributed by atoms with Gasteiger partial charge in [0.25, 0.3) is 11.8 Å². The normalized spacial score (nSPS) is 19.8. The van der Waals surface area contributed by atoms with Crippen LogP contribution in [0.25, 0.3) is 6.08 Å². The summed E-state index contributed by atoms with van der Waals surface area (Å²) in [5, 5.41) is 6.35. The van der Waals surface area contributed by atoms with E-state index in [4.69, 9.17) is 16.3 Å². The van der Waals surface area contributed by atoms with Gasteiger partial charge in [-0.1, -0.05) is 30.7 Å². The SMILES string of the molecule is C[C@H]1CCCN(CCCNC(=O)c2ccc3c(c2)NC(=O)/C(=C/c2cccc(Cl)c2)O3)C1. The lowest BCUT2D eigenvalue weighted by Gasteiger charge is -2.30. The summed E-state index contributed by atoms with van der Waals surface area (Å²) in [6.07, 6.45) is 5.12. The van der Waals surface area contributed by atoms with Crippen LogP contribution < -0.4 is 15.4 Å². The molecular weight excluding hydrogens is 426 g/mol. The Morgan fingerprint density at radius 3 is 3.00 bits per heavy atom. The van der Waals surface area contributed by atoms with E-state index in [9.17, 15) is 9.59 Å². The van der Waals surface area contributed by atoms with Gasteiger partial charge in [-0.15, -0.1) is 0 Å². The van der Waals surface area contributed by atoms with Gasteiger partial charge in [-0.25, -0.2) is 0 Å². The number of fused-ring (bicyclic) bond motifs is 1. The average Bonchev–Trinajstić information content (AvgIpc) is 2.77. The molecule has 0 bridgehead atoms. The van der Waals surface area contributed by atoms with Crippen LogP contribution in [-0.4, -0.2) is 42.9 Å². The van der Waals surface area contributed by atoms with Gasteiger partial charge in [0.05, 0.1) is 5.69 Å². The fraction of sp³-hybridized carbons (Fsp3) is 0.360. The first kappa shape index (κ1) is 22.4. The van der Waals surface area contributed by atoms with Gasteiger partial charge in [-0.2, -0.15) is 0 Å². The number of rotatable bonds is 6. The third kappa shape index (κ3) is 5.69.